The van der Waals surface area contributed by atoms with Crippen LogP contribution in [0.4, 0.5) is 8.78 Å². The molecule has 0 saturated heterocycles. The molecule has 5 nitrogen and oxygen atoms in total. The minimum absolute atomic E-state index is 0.0226. The van der Waals surface area contributed by atoms with Crippen LogP contribution in [0.5, 0.6) is 5.88 Å². The molecular weight excluding hydrogens is 246 g/mol. The summed E-state index contributed by atoms with van der Waals surface area (Å²) < 4.78 is 28.6. The molecule has 0 bridgehead atoms. The highest BCUT2D eigenvalue weighted by atomic mass is 19.3. The molecule has 0 fully saturated rings. The molecule has 0 aliphatic carbocycles. The maximum absolute atomic E-state index is 11.9. The molecule has 1 heterocycles. The molecule has 0 spiro atoms. The molecule has 1 aromatic heterocycles. The van der Waals surface area contributed by atoms with E-state index in [2.05, 4.69) is 10.3 Å². The smallest absolute Gasteiger partial charge is 0.272 e. The molecule has 0 radical (unpaired) electrons. The van der Waals surface area contributed by atoms with E-state index in [1.165, 1.54) is 18.2 Å². The number of pyridine rings is 1. The first-order valence-corrected chi connectivity index (χ1v) is 5.40. The topological polar surface area (TPSA) is 71.5 Å². The SMILES string of the molecule is O=C(NCCCO)c1cccc(OCC(F)F)n1. The molecule has 7 heteroatoms. The standard InChI is InChI=1S/C11H14F2N2O3/c12-9(13)7-18-10-4-1-3-8(15-10)11(17)14-5-2-6-16/h1,3-4,9,16H,2,5-7H2,(H,14,17). The van der Waals surface area contributed by atoms with Gasteiger partial charge in [-0.2, -0.15) is 0 Å². The first-order chi connectivity index (χ1) is 8.63. The molecule has 2 N–H and O–H groups in total. The predicted molar refractivity (Wildman–Crippen MR) is 59.8 cm³/mol. The van der Waals surface area contributed by atoms with E-state index in [1.54, 1.807) is 0 Å². The summed E-state index contributed by atoms with van der Waals surface area (Å²) in [6, 6.07) is 4.34. The number of rotatable bonds is 7. The molecule has 1 aromatic rings. The van der Waals surface area contributed by atoms with Crippen LogP contribution < -0.4 is 10.1 Å². The molecular formula is C11H14F2N2O3. The third-order valence-corrected chi connectivity index (χ3v) is 1.93. The highest BCUT2D eigenvalue weighted by Crippen LogP contribution is 2.08. The Morgan fingerprint density at radius 3 is 2.94 bits per heavy atom. The summed E-state index contributed by atoms with van der Waals surface area (Å²) in [6.07, 6.45) is -2.15. The van der Waals surface area contributed by atoms with Crippen molar-refractivity contribution in [2.75, 3.05) is 19.8 Å². The summed E-state index contributed by atoms with van der Waals surface area (Å²) in [4.78, 5) is 15.3. The zero-order valence-electron chi connectivity index (χ0n) is 9.60. The van der Waals surface area contributed by atoms with Crippen molar-refractivity contribution < 1.29 is 23.4 Å². The highest BCUT2D eigenvalue weighted by molar-refractivity contribution is 5.92. The summed E-state index contributed by atoms with van der Waals surface area (Å²) in [6.45, 7) is -0.465. The van der Waals surface area contributed by atoms with Gasteiger partial charge >= 0.3 is 0 Å². The fourth-order valence-corrected chi connectivity index (χ4v) is 1.14. The molecule has 1 rings (SSSR count). The van der Waals surface area contributed by atoms with Gasteiger partial charge in [0.05, 0.1) is 0 Å². The Kier molecular flexibility index (Phi) is 5.99. The third kappa shape index (κ3) is 5.05. The molecule has 0 aromatic carbocycles. The monoisotopic (exact) mass is 260 g/mol. The van der Waals surface area contributed by atoms with Crippen molar-refractivity contribution in [3.63, 3.8) is 0 Å². The number of alkyl halides is 2. The van der Waals surface area contributed by atoms with Crippen LogP contribution >= 0.6 is 0 Å². The number of nitrogens with zero attached hydrogens (tertiary/aromatic N) is 1. The van der Waals surface area contributed by atoms with Crippen LogP contribution in [0.3, 0.4) is 0 Å². The van der Waals surface area contributed by atoms with E-state index < -0.39 is 18.9 Å². The van der Waals surface area contributed by atoms with Gasteiger partial charge in [-0.1, -0.05) is 6.07 Å². The van der Waals surface area contributed by atoms with Crippen LogP contribution in [0.15, 0.2) is 18.2 Å². The molecule has 18 heavy (non-hydrogen) atoms. The van der Waals surface area contributed by atoms with Crippen LogP contribution in [0.2, 0.25) is 0 Å². The van der Waals surface area contributed by atoms with Crippen molar-refractivity contribution in [1.29, 1.82) is 0 Å². The van der Waals surface area contributed by atoms with Crippen LogP contribution in [0.25, 0.3) is 0 Å². The van der Waals surface area contributed by atoms with Gasteiger partial charge in [0.1, 0.15) is 5.69 Å². The lowest BCUT2D eigenvalue weighted by Gasteiger charge is -2.07. The predicted octanol–water partition coefficient (Wildman–Crippen LogP) is 0.838. The molecule has 100 valence electrons. The van der Waals surface area contributed by atoms with Crippen molar-refractivity contribution >= 4 is 5.91 Å². The van der Waals surface area contributed by atoms with Gasteiger partial charge in [0.2, 0.25) is 5.88 Å². The third-order valence-electron chi connectivity index (χ3n) is 1.93. The average molecular weight is 260 g/mol. The Hall–Kier alpha value is -1.76. The van der Waals surface area contributed by atoms with Crippen molar-refractivity contribution in [3.05, 3.63) is 23.9 Å². The summed E-state index contributed by atoms with van der Waals surface area (Å²) in [5, 5.41) is 11.1. The molecule has 0 atom stereocenters. The van der Waals surface area contributed by atoms with Gasteiger partial charge in [0.15, 0.2) is 6.61 Å². The van der Waals surface area contributed by atoms with E-state index in [0.29, 0.717) is 13.0 Å². The van der Waals surface area contributed by atoms with Crippen molar-refractivity contribution in [3.8, 4) is 5.88 Å². The van der Waals surface area contributed by atoms with Gasteiger partial charge in [-0.05, 0) is 12.5 Å². The van der Waals surface area contributed by atoms with E-state index in [1.807, 2.05) is 0 Å². The molecule has 0 unspecified atom stereocenters. The number of carbonyl (C=O) groups is 1. The number of carbonyl (C=O) groups excluding carboxylic acids is 1. The second-order valence-corrected chi connectivity index (χ2v) is 3.40. The van der Waals surface area contributed by atoms with E-state index >= 15 is 0 Å². The van der Waals surface area contributed by atoms with E-state index in [9.17, 15) is 13.6 Å². The number of halogens is 2. The number of nitrogens with one attached hydrogen (secondary N) is 1. The zero-order valence-corrected chi connectivity index (χ0v) is 9.60. The summed E-state index contributed by atoms with van der Waals surface area (Å²) in [5.74, 6) is -0.462. The maximum atomic E-state index is 11.9. The van der Waals surface area contributed by atoms with E-state index in [-0.39, 0.29) is 18.2 Å². The summed E-state index contributed by atoms with van der Waals surface area (Å²) in [7, 11) is 0. The lowest BCUT2D eigenvalue weighted by Crippen LogP contribution is -2.26. The normalized spacial score (nSPS) is 10.4. The van der Waals surface area contributed by atoms with E-state index in [0.717, 1.165) is 0 Å². The Balaban J connectivity index is 2.55. The minimum Gasteiger partial charge on any atom is -0.472 e. The fraction of sp³-hybridized carbons (Fsp3) is 0.455. The number of aliphatic hydroxyl groups is 1. The van der Waals surface area contributed by atoms with Gasteiger partial charge in [-0.3, -0.25) is 4.79 Å². The van der Waals surface area contributed by atoms with Crippen molar-refractivity contribution in [2.24, 2.45) is 0 Å². The first kappa shape index (κ1) is 14.3. The van der Waals surface area contributed by atoms with E-state index in [4.69, 9.17) is 9.84 Å². The quantitative estimate of drug-likeness (QED) is 0.713. The molecule has 1 amide bonds. The van der Waals surface area contributed by atoms with Crippen LogP contribution in [0.1, 0.15) is 16.9 Å². The Labute approximate surface area is 103 Å². The minimum atomic E-state index is -2.59. The molecule has 0 aliphatic heterocycles. The van der Waals surface area contributed by atoms with Gasteiger partial charge in [0, 0.05) is 19.2 Å². The second-order valence-electron chi connectivity index (χ2n) is 3.40. The maximum Gasteiger partial charge on any atom is 0.272 e. The van der Waals surface area contributed by atoms with Gasteiger partial charge < -0.3 is 15.2 Å². The van der Waals surface area contributed by atoms with Crippen molar-refractivity contribution in [2.45, 2.75) is 12.8 Å². The van der Waals surface area contributed by atoms with Gasteiger partial charge in [-0.25, -0.2) is 13.8 Å². The summed E-state index contributed by atoms with van der Waals surface area (Å²) >= 11 is 0. The van der Waals surface area contributed by atoms with Crippen LogP contribution in [0, 0.1) is 0 Å². The number of hydrogen-bond acceptors (Lipinski definition) is 4. The highest BCUT2D eigenvalue weighted by Gasteiger charge is 2.09. The second kappa shape index (κ2) is 7.54. The fourth-order valence-electron chi connectivity index (χ4n) is 1.14. The number of ether oxygens (including phenoxy) is 1. The molecule has 0 saturated carbocycles. The van der Waals surface area contributed by atoms with Crippen LogP contribution in [-0.2, 0) is 0 Å². The Morgan fingerprint density at radius 1 is 1.50 bits per heavy atom. The number of hydrogen-bond donors (Lipinski definition) is 2. The zero-order chi connectivity index (χ0) is 13.4. The number of aromatic nitrogens is 1. The van der Waals surface area contributed by atoms with Gasteiger partial charge in [-0.15, -0.1) is 0 Å². The number of aliphatic hydroxyl groups excluding tert-OH is 1. The Morgan fingerprint density at radius 2 is 2.28 bits per heavy atom. The lowest BCUT2D eigenvalue weighted by atomic mass is 10.3. The Bertz CT molecular complexity index is 388. The van der Waals surface area contributed by atoms with Crippen LogP contribution in [-0.4, -0.2) is 42.2 Å². The molecule has 0 aliphatic rings. The largest absolute Gasteiger partial charge is 0.472 e. The van der Waals surface area contributed by atoms with Crippen molar-refractivity contribution in [1.82, 2.24) is 10.3 Å². The number of amides is 1. The first-order valence-electron chi connectivity index (χ1n) is 5.40. The summed E-state index contributed by atoms with van der Waals surface area (Å²) in [5.41, 5.74) is 0.0831. The van der Waals surface area contributed by atoms with Gasteiger partial charge in [0.25, 0.3) is 12.3 Å². The lowest BCUT2D eigenvalue weighted by molar-refractivity contribution is 0.0792. The average Bonchev–Trinajstić information content (AvgIpc) is 2.37.